The average molecular weight is 1870 g/mol. The Morgan fingerprint density at radius 2 is 0.693 bits per heavy atom. The van der Waals surface area contributed by atoms with Crippen LogP contribution in [0.1, 0.15) is 31.1 Å². The normalized spacial score (nSPS) is 11.3. The molecular weight excluding hydrogens is 1800 g/mol. The van der Waals surface area contributed by atoms with Crippen molar-refractivity contribution in [3.63, 3.8) is 0 Å². The number of benzene rings is 8. The van der Waals surface area contributed by atoms with Gasteiger partial charge in [-0.05, 0) is 163 Å². The van der Waals surface area contributed by atoms with E-state index in [9.17, 15) is 77.3 Å². The fraction of sp³-hybridized carbons (Fsp3) is 0.0854. The summed E-state index contributed by atoms with van der Waals surface area (Å²) >= 11 is 4.69. The Labute approximate surface area is 738 Å². The molecule has 37 nitrogen and oxygen atoms in total. The quantitative estimate of drug-likeness (QED) is 0.00977. The molecule has 650 valence electrons. The summed E-state index contributed by atoms with van der Waals surface area (Å²) in [5.74, 6) is -2.64. The van der Waals surface area contributed by atoms with E-state index < -0.39 is 62.9 Å². The highest BCUT2D eigenvalue weighted by Crippen LogP contribution is 2.30. The van der Waals surface area contributed by atoms with Gasteiger partial charge in [-0.25, -0.2) is 68.0 Å². The molecule has 4 amide bonds. The number of methoxy groups -OCH3 is 3. The summed E-state index contributed by atoms with van der Waals surface area (Å²) in [6.07, 6.45) is 12.8. The number of carbonyl (C=O) groups excluding carboxylic acids is 7. The molecule has 45 heteroatoms. The van der Waals surface area contributed by atoms with Gasteiger partial charge in [0.15, 0.2) is 20.5 Å². The number of ether oxygens (including phenoxy) is 3. The van der Waals surface area contributed by atoms with Crippen molar-refractivity contribution in [2.24, 2.45) is 0 Å². The van der Waals surface area contributed by atoms with Gasteiger partial charge in [-0.15, -0.1) is 45.3 Å². The molecular formula is C82H69N17O20S8. The van der Waals surface area contributed by atoms with Gasteiger partial charge in [-0.2, -0.15) is 0 Å². The Bertz CT molecular complexity index is 7220. The van der Waals surface area contributed by atoms with Crippen LogP contribution >= 0.6 is 45.3 Å². The molecule has 127 heavy (non-hydrogen) atoms. The molecule has 0 fully saturated rings. The number of carbonyl (C=O) groups is 7. The van der Waals surface area contributed by atoms with Crippen molar-refractivity contribution >= 4 is 220 Å². The summed E-state index contributed by atoms with van der Waals surface area (Å²) in [4.78, 5) is 112. The number of nitrogens with zero attached hydrogens (tertiary/aromatic N) is 9. The number of hydrogen-bond acceptors (Lipinski definition) is 28. The van der Waals surface area contributed by atoms with Crippen LogP contribution in [-0.4, -0.2) is 140 Å². The predicted octanol–water partition coefficient (Wildman–Crippen LogP) is 13.4. The number of thiazole rings is 4. The number of esters is 3. The molecule has 0 aliphatic carbocycles. The second-order valence-electron chi connectivity index (χ2n) is 26.6. The second kappa shape index (κ2) is 39.8. The third kappa shape index (κ3) is 23.0. The van der Waals surface area contributed by atoms with Crippen LogP contribution in [0.2, 0.25) is 0 Å². The lowest BCUT2D eigenvalue weighted by Gasteiger charge is -2.09. The molecule has 16 aromatic rings. The third-order valence-corrected chi connectivity index (χ3v) is 26.9. The van der Waals surface area contributed by atoms with Crippen molar-refractivity contribution in [1.82, 2.24) is 38.2 Å². The average Bonchev–Trinajstić information content (AvgIpc) is 1.59. The van der Waals surface area contributed by atoms with Crippen LogP contribution in [0.4, 0.5) is 49.0 Å². The maximum Gasteiger partial charge on any atom is 0.340 e. The minimum atomic E-state index is -3.78. The van der Waals surface area contributed by atoms with Crippen LogP contribution in [0.5, 0.6) is 0 Å². The lowest BCUT2D eigenvalue weighted by atomic mass is 10.1. The molecule has 0 saturated carbocycles. The number of nitro groups is 1. The van der Waals surface area contributed by atoms with Crippen LogP contribution < -0.4 is 40.2 Å². The van der Waals surface area contributed by atoms with Gasteiger partial charge in [-0.1, -0.05) is 24.3 Å². The number of para-hydroxylation sites is 1. The first kappa shape index (κ1) is 89.9. The van der Waals surface area contributed by atoms with Crippen molar-refractivity contribution in [3.8, 4) is 0 Å². The predicted molar refractivity (Wildman–Crippen MR) is 480 cm³/mol. The first-order chi connectivity index (χ1) is 60.9. The summed E-state index contributed by atoms with van der Waals surface area (Å²) < 4.78 is 130. The highest BCUT2D eigenvalue weighted by atomic mass is 32.2. The largest absolute Gasteiger partial charge is 0.465 e. The smallest absolute Gasteiger partial charge is 0.340 e. The van der Waals surface area contributed by atoms with Gasteiger partial charge in [0, 0.05) is 139 Å². The van der Waals surface area contributed by atoms with E-state index in [1.807, 2.05) is 24.3 Å². The van der Waals surface area contributed by atoms with Crippen molar-refractivity contribution < 1.29 is 86.4 Å². The molecule has 0 aliphatic heterocycles. The number of amides is 4. The van der Waals surface area contributed by atoms with Crippen molar-refractivity contribution in [2.45, 2.75) is 45.8 Å². The SMILES string of the molecule is COC(=O)c1ccc2c(ccn2CC(=O)Nc2ccc(S(=O)(=O)Nc3nccs3)cc2)c1.COC(=O)c1ccc2ccn(CC(=O)Nc3ccc(S(=O)(=O)Nc4nccs4)cc3)c2c1.COC(=O)c1cn(CC(=O)Nc2ccc(S(=O)(=O)Nc3nccs3)cc2)c2ccccc12.O=C(Cn1ccc2ccc([N+](=O)[O-])cc21)Nc1ccc(S(=O)(=O)Nc2nccs2)cc1. The van der Waals surface area contributed by atoms with E-state index in [2.05, 4.69) is 60.1 Å². The zero-order chi connectivity index (χ0) is 90.2. The lowest BCUT2D eigenvalue weighted by molar-refractivity contribution is -0.384. The number of sulfonamides is 4. The van der Waals surface area contributed by atoms with Crippen LogP contribution in [-0.2, 0) is 99.7 Å². The Hall–Kier alpha value is -14.9. The van der Waals surface area contributed by atoms with E-state index >= 15 is 0 Å². The van der Waals surface area contributed by atoms with E-state index in [0.29, 0.717) is 50.3 Å². The highest BCUT2D eigenvalue weighted by molar-refractivity contribution is 7.94. The Kier molecular flexibility index (Phi) is 28.1. The molecule has 0 spiro atoms. The molecule has 16 rings (SSSR count). The summed E-state index contributed by atoms with van der Waals surface area (Å²) in [6, 6.07) is 50.5. The van der Waals surface area contributed by atoms with Crippen LogP contribution in [0.25, 0.3) is 43.6 Å². The minimum Gasteiger partial charge on any atom is -0.465 e. The molecule has 0 saturated heterocycles. The van der Waals surface area contributed by atoms with Gasteiger partial charge < -0.3 is 53.7 Å². The van der Waals surface area contributed by atoms with Gasteiger partial charge in [-0.3, -0.25) is 48.2 Å². The molecule has 0 unspecified atom stereocenters. The Morgan fingerprint density at radius 1 is 0.362 bits per heavy atom. The second-order valence-corrected chi connectivity index (χ2v) is 36.9. The maximum atomic E-state index is 12.6. The molecule has 0 aliphatic rings. The van der Waals surface area contributed by atoms with E-state index in [1.54, 1.807) is 125 Å². The van der Waals surface area contributed by atoms with Crippen molar-refractivity contribution in [1.29, 1.82) is 0 Å². The topological polar surface area (TPSA) is 494 Å². The summed E-state index contributed by atoms with van der Waals surface area (Å²) in [5.41, 5.74) is 5.72. The maximum absolute atomic E-state index is 12.6. The third-order valence-electron chi connectivity index (χ3n) is 18.2. The number of anilines is 8. The highest BCUT2D eigenvalue weighted by Gasteiger charge is 2.24. The van der Waals surface area contributed by atoms with E-state index in [1.165, 1.54) is 189 Å². The molecule has 0 bridgehead atoms. The zero-order valence-electron chi connectivity index (χ0n) is 66.2. The van der Waals surface area contributed by atoms with Crippen molar-refractivity contribution in [3.05, 3.63) is 292 Å². The molecule has 8 aromatic carbocycles. The first-order valence-electron chi connectivity index (χ1n) is 36.9. The van der Waals surface area contributed by atoms with Crippen LogP contribution in [0, 0.1) is 10.1 Å². The molecule has 8 heterocycles. The number of non-ortho nitro benzene ring substituents is 1. The van der Waals surface area contributed by atoms with E-state index in [-0.39, 0.29) is 95.6 Å². The fourth-order valence-electron chi connectivity index (χ4n) is 12.3. The number of nitro benzene ring substituents is 1. The zero-order valence-corrected chi connectivity index (χ0v) is 72.7. The summed E-state index contributed by atoms with van der Waals surface area (Å²) in [7, 11) is -11.1. The van der Waals surface area contributed by atoms with Gasteiger partial charge in [0.1, 0.15) is 26.2 Å². The van der Waals surface area contributed by atoms with E-state index in [4.69, 9.17) is 14.2 Å². The molecule has 8 aromatic heterocycles. The Balaban J connectivity index is 0.000000145. The standard InChI is InChI=1S/3C21H18N4O5S2.C19H15N5O5S2/c1-30-20(27)15-2-7-18-14(12-15)8-10-25(18)13-19(26)23-16-3-5-17(6-4-16)32(28,29)24-21-22-9-11-31-21;1-30-20(27)15-3-2-14-8-10-25(18(14)12-15)13-19(26)23-16-4-6-17(7-5-16)32(28,29)24-21-22-9-11-31-21;1-30-20(27)17-12-25(18-5-3-2-4-16(17)18)13-19(26)23-14-6-8-15(9-7-14)32(28,29)24-21-22-10-11-31-21;25-18(12-23-9-7-13-1-4-15(24(26)27)11-17(13)23)21-14-2-5-16(6-3-14)31(28,29)22-19-20-8-10-30-19/h3*2-12H,13H2,1H3,(H,22,24)(H,23,26);1-11H,12H2,(H,20,22)(H,21,25). The molecule has 8 N–H and O–H groups in total. The number of aromatic nitrogens is 8. The number of rotatable bonds is 28. The van der Waals surface area contributed by atoms with Gasteiger partial charge in [0.2, 0.25) is 23.6 Å². The van der Waals surface area contributed by atoms with E-state index in [0.717, 1.165) is 44.0 Å². The fourth-order valence-corrected chi connectivity index (χ4v) is 19.5. The number of hydrogen-bond donors (Lipinski definition) is 8. The monoisotopic (exact) mass is 1870 g/mol. The summed E-state index contributed by atoms with van der Waals surface area (Å²) in [6.45, 7) is -0.0357. The number of fused-ring (bicyclic) bond motifs is 4. The first-order valence-corrected chi connectivity index (χ1v) is 46.4. The minimum absolute atomic E-state index is 0.0137. The van der Waals surface area contributed by atoms with Crippen LogP contribution in [0.15, 0.2) is 285 Å². The summed E-state index contributed by atoms with van der Waals surface area (Å²) in [5, 5.41) is 32.8. The van der Waals surface area contributed by atoms with Gasteiger partial charge in [0.05, 0.1) is 68.0 Å². The number of nitrogens with one attached hydrogen (secondary N) is 8. The Morgan fingerprint density at radius 3 is 1.06 bits per heavy atom. The molecule has 0 atom stereocenters. The van der Waals surface area contributed by atoms with Crippen molar-refractivity contribution in [2.75, 3.05) is 61.5 Å². The van der Waals surface area contributed by atoms with Crippen LogP contribution in [0.3, 0.4) is 0 Å². The lowest BCUT2D eigenvalue weighted by Crippen LogP contribution is -2.18. The molecule has 0 radical (unpaired) electrons. The van der Waals surface area contributed by atoms with Gasteiger partial charge >= 0.3 is 17.9 Å². The van der Waals surface area contributed by atoms with Gasteiger partial charge in [0.25, 0.3) is 45.8 Å².